The fraction of sp³-hybridized carbons (Fsp3) is 0.944. The summed E-state index contributed by atoms with van der Waals surface area (Å²) in [4.78, 5) is 13.6. The van der Waals surface area contributed by atoms with Crippen LogP contribution in [0.2, 0.25) is 0 Å². The van der Waals surface area contributed by atoms with Crippen LogP contribution in [0, 0.1) is 23.2 Å². The Hall–Kier alpha value is -0.570. The molecule has 2 rings (SSSR count). The minimum Gasteiger partial charge on any atom is -0.481 e. The Morgan fingerprint density at radius 2 is 2.10 bits per heavy atom. The van der Waals surface area contributed by atoms with Crippen LogP contribution in [0.4, 0.5) is 0 Å². The third kappa shape index (κ3) is 4.70. The van der Waals surface area contributed by atoms with Gasteiger partial charge in [0.25, 0.3) is 0 Å². The van der Waals surface area contributed by atoms with Crippen molar-refractivity contribution in [2.75, 3.05) is 13.1 Å². The third-order valence-corrected chi connectivity index (χ3v) is 5.67. The van der Waals surface area contributed by atoms with E-state index in [1.165, 1.54) is 38.6 Å². The van der Waals surface area contributed by atoms with Gasteiger partial charge in [-0.2, -0.15) is 0 Å². The maximum Gasteiger partial charge on any atom is 0.303 e. The van der Waals surface area contributed by atoms with Crippen molar-refractivity contribution in [2.45, 2.75) is 72.3 Å². The van der Waals surface area contributed by atoms with Crippen molar-refractivity contribution in [2.24, 2.45) is 23.2 Å². The van der Waals surface area contributed by atoms with Crippen molar-refractivity contribution in [1.82, 2.24) is 4.90 Å². The van der Waals surface area contributed by atoms with Crippen molar-refractivity contribution in [3.8, 4) is 0 Å². The van der Waals surface area contributed by atoms with Gasteiger partial charge in [0.05, 0.1) is 0 Å². The first-order valence-electron chi connectivity index (χ1n) is 8.72. The predicted octanol–water partition coefficient (Wildman–Crippen LogP) is 4.02. The fourth-order valence-corrected chi connectivity index (χ4v) is 4.85. The quantitative estimate of drug-likeness (QED) is 0.851. The second-order valence-electron chi connectivity index (χ2n) is 8.54. The standard InChI is InChI=1S/C18H33NO2/c1-13-8-16(11-18(3,4)10-13)19-7-5-6-15(12-19)14(2)9-17(20)21/h13-16H,5-12H2,1-4H3,(H,20,21). The van der Waals surface area contributed by atoms with Crippen LogP contribution in [0.25, 0.3) is 0 Å². The van der Waals surface area contributed by atoms with Gasteiger partial charge in [-0.1, -0.05) is 27.7 Å². The molecule has 0 aromatic rings. The monoisotopic (exact) mass is 295 g/mol. The van der Waals surface area contributed by atoms with E-state index in [2.05, 4.69) is 32.6 Å². The molecule has 4 atom stereocenters. The van der Waals surface area contributed by atoms with E-state index in [4.69, 9.17) is 5.11 Å². The van der Waals surface area contributed by atoms with E-state index in [1.807, 2.05) is 0 Å². The molecule has 4 unspecified atom stereocenters. The Labute approximate surface area is 130 Å². The summed E-state index contributed by atoms with van der Waals surface area (Å²) in [7, 11) is 0. The SMILES string of the molecule is CC1CC(N2CCCC(C(C)CC(=O)O)C2)CC(C)(C)C1. The van der Waals surface area contributed by atoms with Crippen LogP contribution in [0.15, 0.2) is 0 Å². The summed E-state index contributed by atoms with van der Waals surface area (Å²) < 4.78 is 0. The van der Waals surface area contributed by atoms with Crippen LogP contribution >= 0.6 is 0 Å². The lowest BCUT2D eigenvalue weighted by Crippen LogP contribution is -2.48. The van der Waals surface area contributed by atoms with E-state index in [0.29, 0.717) is 29.7 Å². The molecular formula is C18H33NO2. The Morgan fingerprint density at radius 1 is 1.38 bits per heavy atom. The molecule has 1 aliphatic heterocycles. The minimum absolute atomic E-state index is 0.305. The van der Waals surface area contributed by atoms with Crippen LogP contribution in [0.3, 0.4) is 0 Å². The number of likely N-dealkylation sites (tertiary alicyclic amines) is 1. The molecule has 1 N–H and O–H groups in total. The lowest BCUT2D eigenvalue weighted by Gasteiger charge is -2.47. The fourth-order valence-electron chi connectivity index (χ4n) is 4.85. The summed E-state index contributed by atoms with van der Waals surface area (Å²) in [6, 6.07) is 0.712. The molecule has 0 bridgehead atoms. The molecule has 1 heterocycles. The minimum atomic E-state index is -0.646. The number of hydrogen-bond acceptors (Lipinski definition) is 2. The van der Waals surface area contributed by atoms with E-state index in [9.17, 15) is 4.79 Å². The van der Waals surface area contributed by atoms with E-state index >= 15 is 0 Å². The van der Waals surface area contributed by atoms with E-state index in [1.54, 1.807) is 0 Å². The molecule has 3 nitrogen and oxygen atoms in total. The first-order valence-corrected chi connectivity index (χ1v) is 8.72. The second-order valence-corrected chi connectivity index (χ2v) is 8.54. The van der Waals surface area contributed by atoms with Gasteiger partial charge in [-0.15, -0.1) is 0 Å². The van der Waals surface area contributed by atoms with Gasteiger partial charge in [0.2, 0.25) is 0 Å². The van der Waals surface area contributed by atoms with Crippen LogP contribution in [-0.4, -0.2) is 35.1 Å². The largest absolute Gasteiger partial charge is 0.481 e. The highest BCUT2D eigenvalue weighted by Crippen LogP contribution is 2.41. The van der Waals surface area contributed by atoms with Crippen molar-refractivity contribution in [1.29, 1.82) is 0 Å². The van der Waals surface area contributed by atoms with Gasteiger partial charge in [0.15, 0.2) is 0 Å². The molecule has 0 amide bonds. The number of hydrogen-bond donors (Lipinski definition) is 1. The molecule has 0 radical (unpaired) electrons. The number of carboxylic acids is 1. The van der Waals surface area contributed by atoms with Crippen molar-refractivity contribution >= 4 is 5.97 Å². The summed E-state index contributed by atoms with van der Waals surface area (Å²) in [5.74, 6) is 1.04. The highest BCUT2D eigenvalue weighted by molar-refractivity contribution is 5.67. The maximum atomic E-state index is 11.0. The van der Waals surface area contributed by atoms with Gasteiger partial charge in [0, 0.05) is 19.0 Å². The first kappa shape index (κ1) is 16.8. The molecule has 122 valence electrons. The van der Waals surface area contributed by atoms with Gasteiger partial charge >= 0.3 is 5.97 Å². The van der Waals surface area contributed by atoms with Gasteiger partial charge in [-0.25, -0.2) is 0 Å². The van der Waals surface area contributed by atoms with Gasteiger partial charge in [-0.3, -0.25) is 4.79 Å². The molecule has 0 aromatic heterocycles. The summed E-state index contributed by atoms with van der Waals surface area (Å²) in [6.45, 7) is 11.7. The molecule has 3 heteroatoms. The number of carboxylic acid groups (broad SMARTS) is 1. The van der Waals surface area contributed by atoms with Crippen LogP contribution in [0.1, 0.15) is 66.2 Å². The average molecular weight is 295 g/mol. The van der Waals surface area contributed by atoms with Gasteiger partial charge < -0.3 is 10.0 Å². The zero-order valence-electron chi connectivity index (χ0n) is 14.3. The zero-order chi connectivity index (χ0) is 15.6. The Balaban J connectivity index is 1.95. The average Bonchev–Trinajstić information content (AvgIpc) is 2.35. The maximum absolute atomic E-state index is 11.0. The predicted molar refractivity (Wildman–Crippen MR) is 86.3 cm³/mol. The molecule has 1 aliphatic carbocycles. The van der Waals surface area contributed by atoms with Gasteiger partial charge in [0.1, 0.15) is 0 Å². The Bertz CT molecular complexity index is 366. The van der Waals surface area contributed by atoms with E-state index in [-0.39, 0.29) is 0 Å². The third-order valence-electron chi connectivity index (χ3n) is 5.67. The first-order chi connectivity index (χ1) is 9.77. The lowest BCUT2D eigenvalue weighted by molar-refractivity contribution is -0.138. The molecule has 1 saturated carbocycles. The topological polar surface area (TPSA) is 40.5 Å². The molecule has 1 saturated heterocycles. The van der Waals surface area contributed by atoms with Gasteiger partial charge in [-0.05, 0) is 61.8 Å². The van der Waals surface area contributed by atoms with Crippen LogP contribution in [-0.2, 0) is 4.79 Å². The zero-order valence-corrected chi connectivity index (χ0v) is 14.3. The molecule has 0 aromatic carbocycles. The van der Waals surface area contributed by atoms with E-state index in [0.717, 1.165) is 12.5 Å². The smallest absolute Gasteiger partial charge is 0.303 e. The summed E-state index contributed by atoms with van der Waals surface area (Å²) in [6.07, 6.45) is 6.73. The second kappa shape index (κ2) is 6.68. The summed E-state index contributed by atoms with van der Waals surface area (Å²) in [5.41, 5.74) is 0.460. The molecule has 2 aliphatic rings. The number of rotatable bonds is 4. The molecular weight excluding hydrogens is 262 g/mol. The van der Waals surface area contributed by atoms with Crippen LogP contribution < -0.4 is 0 Å². The Morgan fingerprint density at radius 3 is 2.71 bits per heavy atom. The molecule has 0 spiro atoms. The highest BCUT2D eigenvalue weighted by Gasteiger charge is 2.37. The van der Waals surface area contributed by atoms with E-state index < -0.39 is 5.97 Å². The number of aliphatic carboxylic acids is 1. The summed E-state index contributed by atoms with van der Waals surface area (Å²) in [5, 5.41) is 9.02. The number of piperidine rings is 1. The normalized spacial score (nSPS) is 35.3. The Kier molecular flexibility index (Phi) is 5.34. The van der Waals surface area contributed by atoms with Crippen molar-refractivity contribution < 1.29 is 9.90 Å². The number of nitrogens with zero attached hydrogens (tertiary/aromatic N) is 1. The molecule has 2 fully saturated rings. The van der Waals surface area contributed by atoms with Crippen molar-refractivity contribution in [3.05, 3.63) is 0 Å². The highest BCUT2D eigenvalue weighted by atomic mass is 16.4. The van der Waals surface area contributed by atoms with Crippen molar-refractivity contribution in [3.63, 3.8) is 0 Å². The lowest BCUT2D eigenvalue weighted by atomic mass is 9.69. The molecule has 21 heavy (non-hydrogen) atoms. The summed E-state index contributed by atoms with van der Waals surface area (Å²) >= 11 is 0. The van der Waals surface area contributed by atoms with Crippen LogP contribution in [0.5, 0.6) is 0 Å². The number of carbonyl (C=O) groups is 1.